The van der Waals surface area contributed by atoms with Gasteiger partial charge in [-0.05, 0) is 56.4 Å². The van der Waals surface area contributed by atoms with Crippen LogP contribution in [0.4, 0.5) is 0 Å². The molecule has 0 saturated carbocycles. The Kier molecular flexibility index (Phi) is 4.77. The van der Waals surface area contributed by atoms with Gasteiger partial charge in [0.2, 0.25) is 5.89 Å². The molecule has 0 N–H and O–H groups in total. The number of aromatic nitrogens is 5. The summed E-state index contributed by atoms with van der Waals surface area (Å²) in [4.78, 5) is 2.55. The highest BCUT2D eigenvalue weighted by atomic mass is 32.2. The molecule has 4 aromatic heterocycles. The van der Waals surface area contributed by atoms with E-state index >= 15 is 0 Å². The minimum absolute atomic E-state index is 0.550. The predicted molar refractivity (Wildman–Crippen MR) is 107 cm³/mol. The Balaban J connectivity index is 1.31. The predicted octanol–water partition coefficient (Wildman–Crippen LogP) is 4.84. The number of rotatable bonds is 6. The summed E-state index contributed by atoms with van der Waals surface area (Å²) < 4.78 is 13.4. The molecule has 4 aromatic rings. The van der Waals surface area contributed by atoms with Crippen LogP contribution < -0.4 is 0 Å². The van der Waals surface area contributed by atoms with Crippen molar-refractivity contribution in [2.45, 2.75) is 50.1 Å². The molecule has 0 fully saturated rings. The van der Waals surface area contributed by atoms with Crippen LogP contribution in [0.2, 0.25) is 0 Å². The Bertz CT molecular complexity index is 1060. The molecule has 1 aliphatic rings. The monoisotopic (exact) mass is 413 g/mol. The lowest BCUT2D eigenvalue weighted by Crippen LogP contribution is -1.99. The number of fused-ring (bicyclic) bond motifs is 1. The zero-order chi connectivity index (χ0) is 18.9. The van der Waals surface area contributed by atoms with Crippen LogP contribution in [-0.2, 0) is 25.1 Å². The van der Waals surface area contributed by atoms with Crippen LogP contribution in [-0.4, -0.2) is 25.0 Å². The number of hydrogen-bond acceptors (Lipinski definition) is 8. The van der Waals surface area contributed by atoms with Gasteiger partial charge in [0.15, 0.2) is 16.7 Å². The fraction of sp³-hybridized carbons (Fsp3) is 0.368. The van der Waals surface area contributed by atoms with Crippen molar-refractivity contribution in [3.63, 3.8) is 0 Å². The molecule has 9 heteroatoms. The van der Waals surface area contributed by atoms with Crippen LogP contribution >= 0.6 is 23.1 Å². The fourth-order valence-electron chi connectivity index (χ4n) is 3.40. The second-order valence-electron chi connectivity index (χ2n) is 6.58. The average Bonchev–Trinajstić information content (AvgIpc) is 3.51. The van der Waals surface area contributed by atoms with Gasteiger partial charge in [-0.2, -0.15) is 0 Å². The summed E-state index contributed by atoms with van der Waals surface area (Å²) in [5.41, 5.74) is 1.45. The molecule has 28 heavy (non-hydrogen) atoms. The van der Waals surface area contributed by atoms with Gasteiger partial charge < -0.3 is 8.83 Å². The summed E-state index contributed by atoms with van der Waals surface area (Å²) in [6.07, 6.45) is 6.51. The van der Waals surface area contributed by atoms with Crippen molar-refractivity contribution in [2.75, 3.05) is 0 Å². The molecule has 0 amide bonds. The van der Waals surface area contributed by atoms with E-state index in [2.05, 4.69) is 33.4 Å². The lowest BCUT2D eigenvalue weighted by atomic mass is 9.99. The van der Waals surface area contributed by atoms with Gasteiger partial charge in [0.05, 0.1) is 16.9 Å². The van der Waals surface area contributed by atoms with Gasteiger partial charge in [0.1, 0.15) is 0 Å². The molecule has 0 atom stereocenters. The largest absolute Gasteiger partial charge is 0.461 e. The summed E-state index contributed by atoms with van der Waals surface area (Å²) in [5, 5.41) is 17.8. The van der Waals surface area contributed by atoms with E-state index in [1.54, 1.807) is 17.6 Å². The van der Waals surface area contributed by atoms with Crippen LogP contribution in [0.5, 0.6) is 0 Å². The Labute approximate surface area is 170 Å². The van der Waals surface area contributed by atoms with Crippen LogP contribution in [0.3, 0.4) is 0 Å². The van der Waals surface area contributed by atoms with Crippen LogP contribution in [0.25, 0.3) is 22.4 Å². The first-order valence-corrected chi connectivity index (χ1v) is 11.2. The number of aryl methyl sites for hydroxylation is 2. The molecule has 144 valence electrons. The Morgan fingerprint density at radius 2 is 2.11 bits per heavy atom. The second-order valence-corrected chi connectivity index (χ2v) is 8.66. The van der Waals surface area contributed by atoms with Gasteiger partial charge in [0.25, 0.3) is 5.89 Å². The Hall–Kier alpha value is -2.39. The van der Waals surface area contributed by atoms with Crippen molar-refractivity contribution in [3.05, 3.63) is 40.8 Å². The first kappa shape index (κ1) is 17.7. The first-order valence-electron chi connectivity index (χ1n) is 9.36. The molecular formula is C19H19N5O2S2. The summed E-state index contributed by atoms with van der Waals surface area (Å²) in [6.45, 7) is 2.81. The molecule has 5 rings (SSSR count). The Morgan fingerprint density at radius 1 is 1.18 bits per heavy atom. The molecular weight excluding hydrogens is 394 g/mol. The number of hydrogen-bond donors (Lipinski definition) is 0. The third kappa shape index (κ3) is 3.29. The van der Waals surface area contributed by atoms with Crippen molar-refractivity contribution in [2.24, 2.45) is 0 Å². The van der Waals surface area contributed by atoms with Gasteiger partial charge in [-0.15, -0.1) is 31.7 Å². The van der Waals surface area contributed by atoms with E-state index in [0.29, 0.717) is 23.3 Å². The van der Waals surface area contributed by atoms with Crippen molar-refractivity contribution in [3.8, 4) is 22.4 Å². The third-order valence-corrected chi connectivity index (χ3v) is 6.95. The molecule has 7 nitrogen and oxygen atoms in total. The van der Waals surface area contributed by atoms with Crippen LogP contribution in [0.15, 0.2) is 38.5 Å². The molecule has 1 aliphatic carbocycles. The quantitative estimate of drug-likeness (QED) is 0.418. The van der Waals surface area contributed by atoms with Gasteiger partial charge in [-0.25, -0.2) is 0 Å². The SMILES string of the molecule is CCn1c(SCc2nnc(-c3cc4c(s3)CCCC4)o2)nnc1-c1ccco1. The average molecular weight is 414 g/mol. The summed E-state index contributed by atoms with van der Waals surface area (Å²) in [6, 6.07) is 5.95. The van der Waals surface area contributed by atoms with Crippen molar-refractivity contribution >= 4 is 23.1 Å². The van der Waals surface area contributed by atoms with Gasteiger partial charge in [-0.1, -0.05) is 11.8 Å². The molecule has 0 aliphatic heterocycles. The Morgan fingerprint density at radius 3 is 2.93 bits per heavy atom. The van der Waals surface area contributed by atoms with E-state index in [9.17, 15) is 0 Å². The van der Waals surface area contributed by atoms with E-state index < -0.39 is 0 Å². The highest BCUT2D eigenvalue weighted by Gasteiger charge is 2.19. The number of thiophene rings is 1. The van der Waals surface area contributed by atoms with Crippen molar-refractivity contribution in [1.29, 1.82) is 0 Å². The lowest BCUT2D eigenvalue weighted by Gasteiger charge is -2.08. The summed E-state index contributed by atoms with van der Waals surface area (Å²) >= 11 is 3.32. The molecule has 0 bridgehead atoms. The van der Waals surface area contributed by atoms with Crippen LogP contribution in [0.1, 0.15) is 36.1 Å². The zero-order valence-corrected chi connectivity index (χ0v) is 17.1. The number of nitrogens with zero attached hydrogens (tertiary/aromatic N) is 5. The molecule has 0 aromatic carbocycles. The molecule has 0 spiro atoms. The second kappa shape index (κ2) is 7.56. The molecule has 4 heterocycles. The highest BCUT2D eigenvalue weighted by Crippen LogP contribution is 2.35. The number of thioether (sulfide) groups is 1. The maximum Gasteiger partial charge on any atom is 0.257 e. The maximum absolute atomic E-state index is 5.91. The maximum atomic E-state index is 5.91. The van der Waals surface area contributed by atoms with Gasteiger partial charge >= 0.3 is 0 Å². The van der Waals surface area contributed by atoms with Crippen molar-refractivity contribution < 1.29 is 8.83 Å². The normalized spacial score (nSPS) is 13.8. The smallest absolute Gasteiger partial charge is 0.257 e. The fourth-order valence-corrected chi connectivity index (χ4v) is 5.42. The van der Waals surface area contributed by atoms with E-state index in [4.69, 9.17) is 8.83 Å². The first-order chi connectivity index (χ1) is 13.8. The van der Waals surface area contributed by atoms with E-state index in [1.165, 1.54) is 41.5 Å². The standard InChI is InChI=1S/C19H19N5O2S2/c1-2-24-17(13-7-5-9-25-13)21-23-19(24)27-11-16-20-22-18(26-16)15-10-12-6-3-4-8-14(12)28-15/h5,7,9-10H,2-4,6,8,11H2,1H3. The molecule has 0 unspecified atom stereocenters. The highest BCUT2D eigenvalue weighted by molar-refractivity contribution is 7.98. The third-order valence-electron chi connectivity index (χ3n) is 4.77. The van der Waals surface area contributed by atoms with Gasteiger partial charge in [0, 0.05) is 11.4 Å². The van der Waals surface area contributed by atoms with Gasteiger partial charge in [-0.3, -0.25) is 4.57 Å². The summed E-state index contributed by atoms with van der Waals surface area (Å²) in [7, 11) is 0. The molecule has 0 radical (unpaired) electrons. The van der Waals surface area contributed by atoms with E-state index in [1.807, 2.05) is 16.7 Å². The molecule has 0 saturated heterocycles. The zero-order valence-electron chi connectivity index (χ0n) is 15.4. The number of furan rings is 1. The van der Waals surface area contributed by atoms with E-state index in [-0.39, 0.29) is 0 Å². The summed E-state index contributed by atoms with van der Waals surface area (Å²) in [5.74, 6) is 3.20. The van der Waals surface area contributed by atoms with Crippen molar-refractivity contribution in [1.82, 2.24) is 25.0 Å². The topological polar surface area (TPSA) is 82.8 Å². The van der Waals surface area contributed by atoms with Crippen LogP contribution in [0, 0.1) is 0 Å². The minimum Gasteiger partial charge on any atom is -0.461 e. The van der Waals surface area contributed by atoms with E-state index in [0.717, 1.165) is 28.8 Å². The lowest BCUT2D eigenvalue weighted by molar-refractivity contribution is 0.529. The minimum atomic E-state index is 0.550.